The standard InChI is InChI=1S/C33H27N3O4/c1-21-14-16-22(17-15-21)25-19-28-31(30(37)20-25)32(24-10-7-11-26(18-24)36(39)40)35(29-13-6-5-12-27(29)34-28)33(38)23-8-3-2-4-9-23/h2-18,25,32,34H,19-20H2,1H3/t25-,32+/m0/s1. The number of nitro groups is 1. The molecular formula is C33H27N3O4. The van der Waals surface area contributed by atoms with Gasteiger partial charge in [0.05, 0.1) is 22.3 Å². The van der Waals surface area contributed by atoms with Crippen molar-refractivity contribution in [3.63, 3.8) is 0 Å². The lowest BCUT2D eigenvalue weighted by atomic mass is 9.78. The van der Waals surface area contributed by atoms with Crippen LogP contribution in [0.25, 0.3) is 0 Å². The average Bonchev–Trinajstić information content (AvgIpc) is 3.12. The number of ketones is 1. The van der Waals surface area contributed by atoms with Gasteiger partial charge < -0.3 is 5.32 Å². The third kappa shape index (κ3) is 4.56. The highest BCUT2D eigenvalue weighted by molar-refractivity contribution is 6.12. The summed E-state index contributed by atoms with van der Waals surface area (Å²) in [5.41, 5.74) is 5.58. The number of para-hydroxylation sites is 2. The van der Waals surface area contributed by atoms with E-state index in [0.717, 1.165) is 16.8 Å². The molecule has 4 aromatic carbocycles. The second-order valence-electron chi connectivity index (χ2n) is 10.3. The number of fused-ring (bicyclic) bond motifs is 1. The number of carbonyl (C=O) groups is 2. The molecule has 7 heteroatoms. The number of amides is 1. The Bertz CT molecular complexity index is 1660. The van der Waals surface area contributed by atoms with Crippen LogP contribution in [0.5, 0.6) is 0 Å². The first-order valence-electron chi connectivity index (χ1n) is 13.2. The molecule has 2 aliphatic rings. The van der Waals surface area contributed by atoms with E-state index in [1.165, 1.54) is 12.1 Å². The quantitative estimate of drug-likeness (QED) is 0.224. The van der Waals surface area contributed by atoms with Crippen LogP contribution in [0.15, 0.2) is 114 Å². The van der Waals surface area contributed by atoms with Crippen molar-refractivity contribution in [2.45, 2.75) is 31.7 Å². The topological polar surface area (TPSA) is 92.6 Å². The summed E-state index contributed by atoms with van der Waals surface area (Å²) in [6.45, 7) is 2.03. The molecule has 0 saturated carbocycles. The lowest BCUT2D eigenvalue weighted by Crippen LogP contribution is -2.38. The maximum absolute atomic E-state index is 14.2. The van der Waals surface area contributed by atoms with Gasteiger partial charge in [0.1, 0.15) is 0 Å². The first kappa shape index (κ1) is 25.2. The van der Waals surface area contributed by atoms with Gasteiger partial charge in [0.25, 0.3) is 11.6 Å². The molecule has 1 aliphatic heterocycles. The number of nitrogens with zero attached hydrogens (tertiary/aromatic N) is 2. The van der Waals surface area contributed by atoms with Crippen LogP contribution in [-0.4, -0.2) is 16.6 Å². The molecule has 0 saturated heterocycles. The van der Waals surface area contributed by atoms with Gasteiger partial charge in [0.2, 0.25) is 0 Å². The third-order valence-corrected chi connectivity index (χ3v) is 7.67. The zero-order valence-electron chi connectivity index (χ0n) is 21.9. The number of anilines is 2. The number of Topliss-reactive ketones (excluding diaryl/α,β-unsaturated/α-hetero) is 1. The number of nitro benzene ring substituents is 1. The van der Waals surface area contributed by atoms with Crippen LogP contribution < -0.4 is 10.2 Å². The lowest BCUT2D eigenvalue weighted by molar-refractivity contribution is -0.384. The molecule has 40 heavy (non-hydrogen) atoms. The van der Waals surface area contributed by atoms with Gasteiger partial charge in [-0.3, -0.25) is 24.6 Å². The number of non-ortho nitro benzene ring substituents is 1. The monoisotopic (exact) mass is 529 g/mol. The highest BCUT2D eigenvalue weighted by Crippen LogP contribution is 2.48. The van der Waals surface area contributed by atoms with Crippen molar-refractivity contribution in [3.8, 4) is 0 Å². The van der Waals surface area contributed by atoms with E-state index < -0.39 is 11.0 Å². The van der Waals surface area contributed by atoms with Gasteiger partial charge in [0.15, 0.2) is 5.78 Å². The van der Waals surface area contributed by atoms with E-state index in [9.17, 15) is 19.7 Å². The zero-order valence-corrected chi connectivity index (χ0v) is 21.9. The Morgan fingerprint density at radius 3 is 2.35 bits per heavy atom. The maximum atomic E-state index is 14.2. The maximum Gasteiger partial charge on any atom is 0.269 e. The minimum atomic E-state index is -0.856. The first-order valence-corrected chi connectivity index (χ1v) is 13.2. The summed E-state index contributed by atoms with van der Waals surface area (Å²) in [6, 6.07) is 29.9. The third-order valence-electron chi connectivity index (χ3n) is 7.67. The van der Waals surface area contributed by atoms with Gasteiger partial charge in [-0.1, -0.05) is 72.3 Å². The molecule has 1 heterocycles. The SMILES string of the molecule is Cc1ccc([C@@H]2CC(=O)C3=C(C2)Nc2ccccc2N(C(=O)c2ccccc2)[C@@H]3c2cccc([N+](=O)[O-])c2)cc1. The Labute approximate surface area is 231 Å². The Morgan fingerprint density at radius 1 is 0.875 bits per heavy atom. The van der Waals surface area contributed by atoms with Crippen molar-refractivity contribution < 1.29 is 14.5 Å². The fourth-order valence-corrected chi connectivity index (χ4v) is 5.73. The number of rotatable bonds is 4. The molecular weight excluding hydrogens is 502 g/mol. The van der Waals surface area contributed by atoms with Crippen LogP contribution in [0.1, 0.15) is 51.8 Å². The van der Waals surface area contributed by atoms with E-state index in [-0.39, 0.29) is 29.7 Å². The van der Waals surface area contributed by atoms with Crippen LogP contribution in [0.3, 0.4) is 0 Å². The summed E-state index contributed by atoms with van der Waals surface area (Å²) < 4.78 is 0. The number of benzene rings is 4. The highest BCUT2D eigenvalue weighted by Gasteiger charge is 2.42. The lowest BCUT2D eigenvalue weighted by Gasteiger charge is -2.35. The van der Waals surface area contributed by atoms with E-state index in [1.807, 2.05) is 49.4 Å². The van der Waals surface area contributed by atoms with Crippen LogP contribution in [0.4, 0.5) is 17.1 Å². The van der Waals surface area contributed by atoms with Crippen LogP contribution in [0, 0.1) is 17.0 Å². The molecule has 0 aromatic heterocycles. The second-order valence-corrected chi connectivity index (χ2v) is 10.3. The fraction of sp³-hybridized carbons (Fsp3) is 0.152. The van der Waals surface area contributed by atoms with Gasteiger partial charge in [-0.2, -0.15) is 0 Å². The number of hydrogen-bond donors (Lipinski definition) is 1. The molecule has 0 fully saturated rings. The smallest absolute Gasteiger partial charge is 0.269 e. The number of hydrogen-bond acceptors (Lipinski definition) is 5. The Balaban J connectivity index is 1.57. The van der Waals surface area contributed by atoms with Gasteiger partial charge in [-0.15, -0.1) is 0 Å². The van der Waals surface area contributed by atoms with E-state index in [4.69, 9.17) is 0 Å². The summed E-state index contributed by atoms with van der Waals surface area (Å²) in [4.78, 5) is 41.3. The molecule has 0 unspecified atom stereocenters. The van der Waals surface area contributed by atoms with E-state index in [1.54, 1.807) is 41.3 Å². The second kappa shape index (κ2) is 10.3. The van der Waals surface area contributed by atoms with Crippen molar-refractivity contribution in [2.24, 2.45) is 0 Å². The molecule has 1 aliphatic carbocycles. The highest BCUT2D eigenvalue weighted by atomic mass is 16.6. The number of carbonyl (C=O) groups excluding carboxylic acids is 2. The van der Waals surface area contributed by atoms with Gasteiger partial charge in [-0.05, 0) is 54.7 Å². The predicted octanol–water partition coefficient (Wildman–Crippen LogP) is 7.12. The summed E-state index contributed by atoms with van der Waals surface area (Å²) in [5.74, 6) is -0.420. The molecule has 0 radical (unpaired) electrons. The normalized spacial score (nSPS) is 18.3. The molecule has 1 N–H and O–H groups in total. The average molecular weight is 530 g/mol. The van der Waals surface area contributed by atoms with Crippen LogP contribution in [0.2, 0.25) is 0 Å². The molecule has 2 atom stereocenters. The van der Waals surface area contributed by atoms with Gasteiger partial charge >= 0.3 is 0 Å². The minimum absolute atomic E-state index is 0.0337. The van der Waals surface area contributed by atoms with Crippen molar-refractivity contribution in [3.05, 3.63) is 147 Å². The van der Waals surface area contributed by atoms with Gasteiger partial charge in [-0.25, -0.2) is 0 Å². The van der Waals surface area contributed by atoms with Crippen LogP contribution >= 0.6 is 0 Å². The molecule has 1 amide bonds. The number of aryl methyl sites for hydroxylation is 1. The predicted molar refractivity (Wildman–Crippen MR) is 154 cm³/mol. The first-order chi connectivity index (χ1) is 19.4. The van der Waals surface area contributed by atoms with Crippen molar-refractivity contribution in [1.29, 1.82) is 0 Å². The molecule has 4 aromatic rings. The molecule has 0 spiro atoms. The summed E-state index contributed by atoms with van der Waals surface area (Å²) >= 11 is 0. The van der Waals surface area contributed by atoms with Crippen LogP contribution in [-0.2, 0) is 4.79 Å². The summed E-state index contributed by atoms with van der Waals surface area (Å²) in [7, 11) is 0. The van der Waals surface area contributed by atoms with Gasteiger partial charge in [0, 0.05) is 35.4 Å². The number of nitrogens with one attached hydrogen (secondary N) is 1. The van der Waals surface area contributed by atoms with Crippen molar-refractivity contribution in [2.75, 3.05) is 10.2 Å². The summed E-state index contributed by atoms with van der Waals surface area (Å²) in [6.07, 6.45) is 0.843. The van der Waals surface area contributed by atoms with Crippen molar-refractivity contribution in [1.82, 2.24) is 0 Å². The molecule has 7 nitrogen and oxygen atoms in total. The zero-order chi connectivity index (χ0) is 27.8. The van der Waals surface area contributed by atoms with E-state index in [2.05, 4.69) is 17.4 Å². The fourth-order valence-electron chi connectivity index (χ4n) is 5.73. The summed E-state index contributed by atoms with van der Waals surface area (Å²) in [5, 5.41) is 15.3. The number of allylic oxidation sites excluding steroid dienone is 1. The Hall–Kier alpha value is -5.04. The molecule has 6 rings (SSSR count). The largest absolute Gasteiger partial charge is 0.357 e. The van der Waals surface area contributed by atoms with Crippen molar-refractivity contribution >= 4 is 28.8 Å². The molecule has 198 valence electrons. The van der Waals surface area contributed by atoms with E-state index in [0.29, 0.717) is 34.5 Å². The molecule has 0 bridgehead atoms. The Morgan fingerprint density at radius 2 is 1.60 bits per heavy atom. The Kier molecular flexibility index (Phi) is 6.48. The van der Waals surface area contributed by atoms with E-state index >= 15 is 0 Å². The minimum Gasteiger partial charge on any atom is -0.357 e.